The van der Waals surface area contributed by atoms with Gasteiger partial charge in [0.05, 0.1) is 151 Å². The molecule has 2 heterocycles. The lowest BCUT2D eigenvalue weighted by atomic mass is 9.96. The van der Waals surface area contributed by atoms with Crippen LogP contribution < -0.4 is 21.1 Å². The lowest BCUT2D eigenvalue weighted by molar-refractivity contribution is -0.136. The molecule has 1 aliphatic carbocycles. The lowest BCUT2D eigenvalue weighted by Crippen LogP contribution is -2.37. The zero-order valence-corrected chi connectivity index (χ0v) is 49.3. The summed E-state index contributed by atoms with van der Waals surface area (Å²) in [6.07, 6.45) is 8.94. The van der Waals surface area contributed by atoms with Crippen molar-refractivity contribution in [3.05, 3.63) is 70.8 Å². The number of carbonyl (C=O) groups is 4. The Morgan fingerprint density at radius 3 is 1.64 bits per heavy atom. The van der Waals surface area contributed by atoms with E-state index in [1.807, 2.05) is 31.2 Å². The Balaban J connectivity index is 0.755. The zero-order valence-electron chi connectivity index (χ0n) is 48.4. The summed E-state index contributed by atoms with van der Waals surface area (Å²) < 4.78 is 128. The van der Waals surface area contributed by atoms with E-state index in [4.69, 9.17) is 62.4 Å². The molecule has 0 saturated heterocycles. The highest BCUT2D eigenvalue weighted by Gasteiger charge is 2.29. The third-order valence-electron chi connectivity index (χ3n) is 12.5. The fraction of sp³-hybridized carbons (Fsp3) is 0.596. The summed E-state index contributed by atoms with van der Waals surface area (Å²) in [5.74, 6) is -9.98. The SMILES string of the molecule is CCCN(CCCNC(=O)OC1CCC1)C(=O)C1=Cc2ccc(-c3cnc(CNC(=O)CCOCCOCCOCCOCCOCCOCCOCCOCCOCCOCCC(=O)Oc4c(F)c(F)c(SO)c(F)c4F)nc3)cc2N=C(N)C1. The number of hydrogen-bond donors (Lipinski definition) is 4. The number of benzene rings is 2. The Hall–Kier alpha value is -5.96. The monoisotopic (exact) mass is 1240 g/mol. The van der Waals surface area contributed by atoms with Crippen LogP contribution in [0.4, 0.5) is 28.0 Å². The van der Waals surface area contributed by atoms with Gasteiger partial charge < -0.3 is 82.7 Å². The molecule has 0 atom stereocenters. The Morgan fingerprint density at radius 2 is 1.16 bits per heavy atom. The highest BCUT2D eigenvalue weighted by Crippen LogP contribution is 2.35. The van der Waals surface area contributed by atoms with Crippen molar-refractivity contribution in [3.63, 3.8) is 0 Å². The van der Waals surface area contributed by atoms with Crippen LogP contribution in [0.5, 0.6) is 5.75 Å². The van der Waals surface area contributed by atoms with E-state index in [-0.39, 0.29) is 70.3 Å². The number of fused-ring (bicyclic) bond motifs is 1. The second-order valence-electron chi connectivity index (χ2n) is 19.0. The maximum atomic E-state index is 13.9. The van der Waals surface area contributed by atoms with Crippen molar-refractivity contribution in [1.82, 2.24) is 25.5 Å². The maximum absolute atomic E-state index is 13.9. The van der Waals surface area contributed by atoms with Crippen LogP contribution >= 0.6 is 12.0 Å². The minimum absolute atomic E-state index is 0.0120. The number of ether oxygens (including phenoxy) is 12. The summed E-state index contributed by atoms with van der Waals surface area (Å²) in [4.78, 5) is 64.0. The Labute approximate surface area is 501 Å². The third-order valence-corrected chi connectivity index (χ3v) is 13.0. The van der Waals surface area contributed by atoms with E-state index in [1.54, 1.807) is 17.3 Å². The summed E-state index contributed by atoms with van der Waals surface area (Å²) in [7, 11) is 0. The van der Waals surface area contributed by atoms with Crippen molar-refractivity contribution in [2.24, 2.45) is 10.7 Å². The van der Waals surface area contributed by atoms with Gasteiger partial charge >= 0.3 is 12.1 Å². The molecular weight excluding hydrogens is 1160 g/mol. The molecule has 29 heteroatoms. The summed E-state index contributed by atoms with van der Waals surface area (Å²) in [5, 5.41) is 5.60. The number of nitrogens with two attached hydrogens (primary N) is 1. The van der Waals surface area contributed by atoms with Crippen molar-refractivity contribution in [2.75, 3.05) is 152 Å². The van der Waals surface area contributed by atoms with Crippen LogP contribution in [0.1, 0.15) is 69.7 Å². The van der Waals surface area contributed by atoms with Crippen LogP contribution in [0.2, 0.25) is 0 Å². The molecular formula is C57H79F4N7O17S. The summed E-state index contributed by atoms with van der Waals surface area (Å²) in [6, 6.07) is 5.68. The normalized spacial score (nSPS) is 13.1. The Morgan fingerprint density at radius 1 is 0.663 bits per heavy atom. The number of aliphatic imine (C=N–C) groups is 1. The van der Waals surface area contributed by atoms with E-state index in [0.29, 0.717) is 148 Å². The van der Waals surface area contributed by atoms with Crippen LogP contribution in [-0.2, 0) is 73.0 Å². The van der Waals surface area contributed by atoms with Gasteiger partial charge in [0.1, 0.15) is 22.7 Å². The second-order valence-corrected chi connectivity index (χ2v) is 19.6. The molecule has 3 aromatic rings. The number of amidine groups is 1. The quantitative estimate of drug-likeness (QED) is 0.0124. The summed E-state index contributed by atoms with van der Waals surface area (Å²) >= 11 is -0.523. The average molecular weight is 1240 g/mol. The van der Waals surface area contributed by atoms with Crippen LogP contribution in [0.15, 0.2) is 46.1 Å². The van der Waals surface area contributed by atoms with Crippen molar-refractivity contribution in [3.8, 4) is 16.9 Å². The molecule has 2 aromatic carbocycles. The number of hydrogen-bond acceptors (Lipinski definition) is 22. The molecule has 0 spiro atoms. The third kappa shape index (κ3) is 27.0. The van der Waals surface area contributed by atoms with Gasteiger partial charge in [0.2, 0.25) is 29.2 Å². The number of esters is 1. The van der Waals surface area contributed by atoms with Gasteiger partial charge in [0.25, 0.3) is 0 Å². The molecule has 1 fully saturated rings. The van der Waals surface area contributed by atoms with Gasteiger partial charge in [0.15, 0.2) is 11.6 Å². The van der Waals surface area contributed by atoms with Crippen molar-refractivity contribution >= 4 is 53.5 Å². The number of rotatable bonds is 46. The predicted octanol–water partition coefficient (Wildman–Crippen LogP) is 6.12. The minimum Gasteiger partial charge on any atom is -0.446 e. The second kappa shape index (κ2) is 42.0. The number of carbonyl (C=O) groups excluding carboxylic acids is 4. The van der Waals surface area contributed by atoms with E-state index < -0.39 is 64.4 Å². The molecule has 24 nitrogen and oxygen atoms in total. The standard InChI is InChI=1S/C57H79F4N7O17S/c1-2-12-68(13-4-11-63-57(72)84-44-5-3-6-44)56(71)42-34-41-8-7-40(35-45(41)67-46(62)36-42)43-37-64-47(65-38-43)39-66-48(69)9-14-74-16-18-76-20-22-78-24-26-80-28-30-82-32-33-83-31-29-81-27-25-79-23-21-77-19-17-75-15-10-49(70)85-54-50(58)52(60)55(86-73)53(61)51(54)59/h7-8,34-35,37-38,44,73H,2-6,9-33,36,39H2,1H3,(H2,62,67)(H,63,72)(H,66,69). The zero-order chi connectivity index (χ0) is 61.6. The number of nitrogens with one attached hydrogen (secondary N) is 2. The Bertz CT molecular complexity index is 2560. The first-order chi connectivity index (χ1) is 41.9. The molecule has 1 saturated carbocycles. The predicted molar refractivity (Wildman–Crippen MR) is 305 cm³/mol. The number of nitrogens with zero attached hydrogens (tertiary/aromatic N) is 4. The highest BCUT2D eigenvalue weighted by molar-refractivity contribution is 7.93. The average Bonchev–Trinajstić information content (AvgIpc) is 1.91. The fourth-order valence-corrected chi connectivity index (χ4v) is 8.17. The van der Waals surface area contributed by atoms with E-state index >= 15 is 0 Å². The molecule has 3 amide bonds. The molecule has 0 unspecified atom stereocenters. The topological polar surface area (TPSA) is 291 Å². The lowest BCUT2D eigenvalue weighted by Gasteiger charge is -2.25. The van der Waals surface area contributed by atoms with Crippen molar-refractivity contribution in [2.45, 2.75) is 75.8 Å². The van der Waals surface area contributed by atoms with Gasteiger partial charge in [-0.1, -0.05) is 19.1 Å². The number of alkyl carbamates (subject to hydrolysis) is 1. The summed E-state index contributed by atoms with van der Waals surface area (Å²) in [5.41, 5.74) is 9.80. The largest absolute Gasteiger partial charge is 0.446 e. The Kier molecular flexibility index (Phi) is 34.6. The minimum atomic E-state index is -1.95. The van der Waals surface area contributed by atoms with Crippen LogP contribution in [0.3, 0.4) is 0 Å². The van der Waals surface area contributed by atoms with Crippen LogP contribution in [0.25, 0.3) is 17.2 Å². The molecule has 86 heavy (non-hydrogen) atoms. The highest BCUT2D eigenvalue weighted by atomic mass is 32.2. The molecule has 0 radical (unpaired) electrons. The van der Waals surface area contributed by atoms with Gasteiger partial charge in [-0.05, 0) is 49.8 Å². The number of aromatic nitrogens is 2. The first-order valence-electron chi connectivity index (χ1n) is 28.5. The van der Waals surface area contributed by atoms with E-state index in [1.165, 1.54) is 0 Å². The first-order valence-corrected chi connectivity index (χ1v) is 29.3. The fourth-order valence-electron chi connectivity index (χ4n) is 7.83. The van der Waals surface area contributed by atoms with E-state index in [9.17, 15) is 36.7 Å². The van der Waals surface area contributed by atoms with E-state index in [2.05, 4.69) is 30.3 Å². The van der Waals surface area contributed by atoms with Gasteiger partial charge in [-0.2, -0.15) is 8.78 Å². The van der Waals surface area contributed by atoms with Crippen LogP contribution in [0, 0.1) is 23.3 Å². The van der Waals surface area contributed by atoms with Gasteiger partial charge in [-0.15, -0.1) is 0 Å². The molecule has 1 aromatic heterocycles. The number of halogens is 4. The van der Waals surface area contributed by atoms with Crippen molar-refractivity contribution in [1.29, 1.82) is 0 Å². The number of amides is 3. The smallest absolute Gasteiger partial charge is 0.407 e. The maximum Gasteiger partial charge on any atom is 0.407 e. The molecule has 0 bridgehead atoms. The molecule has 478 valence electrons. The molecule has 2 aliphatic rings. The van der Waals surface area contributed by atoms with Crippen LogP contribution in [-0.4, -0.2) is 207 Å². The molecule has 5 N–H and O–H groups in total. The first kappa shape index (κ1) is 70.8. The summed E-state index contributed by atoms with van der Waals surface area (Å²) in [6.45, 7) is 9.74. The van der Waals surface area contributed by atoms with Crippen molar-refractivity contribution < 1.29 is 98.1 Å². The molecule has 5 rings (SSSR count). The van der Waals surface area contributed by atoms with Gasteiger partial charge in [-0.3, -0.25) is 14.4 Å². The van der Waals surface area contributed by atoms with Gasteiger partial charge in [0, 0.05) is 73.6 Å². The molecule has 1 aliphatic heterocycles. The van der Waals surface area contributed by atoms with Gasteiger partial charge in [-0.25, -0.2) is 28.5 Å². The van der Waals surface area contributed by atoms with E-state index in [0.717, 1.165) is 42.4 Å².